The highest BCUT2D eigenvalue weighted by Gasteiger charge is 2.32. The molecule has 0 saturated carbocycles. The molecule has 0 radical (unpaired) electrons. The Kier molecular flexibility index (Phi) is 3.78. The van der Waals surface area contributed by atoms with Crippen LogP contribution in [0.15, 0.2) is 28.7 Å². The second-order valence-corrected chi connectivity index (χ2v) is 6.08. The maximum absolute atomic E-state index is 9.34. The number of thioether (sulfide) groups is 1. The summed E-state index contributed by atoms with van der Waals surface area (Å²) in [6.45, 7) is 0. The molecule has 1 aromatic rings. The van der Waals surface area contributed by atoms with Crippen molar-refractivity contribution in [3.63, 3.8) is 0 Å². The van der Waals surface area contributed by atoms with Gasteiger partial charge in [-0.15, -0.1) is 0 Å². The van der Waals surface area contributed by atoms with Crippen LogP contribution in [0.2, 0.25) is 0 Å². The van der Waals surface area contributed by atoms with Gasteiger partial charge in [0.15, 0.2) is 0 Å². The van der Waals surface area contributed by atoms with E-state index in [-0.39, 0.29) is 5.54 Å². The van der Waals surface area contributed by atoms with Crippen LogP contribution in [-0.4, -0.2) is 17.0 Å². The summed E-state index contributed by atoms with van der Waals surface area (Å²) in [5, 5.41) is 12.7. The molecule has 1 saturated heterocycles. The molecule has 0 bridgehead atoms. The van der Waals surface area contributed by atoms with Crippen LogP contribution < -0.4 is 5.32 Å². The molecule has 0 aliphatic carbocycles. The Morgan fingerprint density at radius 2 is 2.12 bits per heavy atom. The zero-order valence-electron chi connectivity index (χ0n) is 8.87. The van der Waals surface area contributed by atoms with Gasteiger partial charge < -0.3 is 5.32 Å². The fourth-order valence-electron chi connectivity index (χ4n) is 1.83. The third kappa shape index (κ3) is 2.72. The Hall–Kier alpha value is -0.660. The van der Waals surface area contributed by atoms with Gasteiger partial charge in [0.2, 0.25) is 0 Å². The molecule has 1 N–H and O–H groups in total. The van der Waals surface area contributed by atoms with Crippen LogP contribution in [-0.2, 0) is 0 Å². The van der Waals surface area contributed by atoms with Gasteiger partial charge in [-0.2, -0.15) is 17.0 Å². The van der Waals surface area contributed by atoms with Crippen LogP contribution in [0.4, 0.5) is 5.69 Å². The predicted octanol–water partition coefficient (Wildman–Crippen LogP) is 3.65. The summed E-state index contributed by atoms with van der Waals surface area (Å²) in [5.74, 6) is 2.13. The first-order valence-electron chi connectivity index (χ1n) is 5.27. The summed E-state index contributed by atoms with van der Waals surface area (Å²) in [6, 6.07) is 10.4. The van der Waals surface area contributed by atoms with Crippen molar-refractivity contribution in [1.29, 1.82) is 5.26 Å². The van der Waals surface area contributed by atoms with Crippen molar-refractivity contribution in [3.8, 4) is 6.07 Å². The molecule has 2 rings (SSSR count). The van der Waals surface area contributed by atoms with Crippen LogP contribution in [0.5, 0.6) is 0 Å². The maximum atomic E-state index is 9.34. The summed E-state index contributed by atoms with van der Waals surface area (Å²) in [6.07, 6.45) is 1.83. The number of hydrogen-bond acceptors (Lipinski definition) is 3. The second-order valence-electron chi connectivity index (χ2n) is 3.94. The van der Waals surface area contributed by atoms with Gasteiger partial charge in [-0.25, -0.2) is 0 Å². The molecule has 1 aliphatic heterocycles. The second kappa shape index (κ2) is 5.11. The molecule has 1 aromatic carbocycles. The Morgan fingerprint density at radius 3 is 2.75 bits per heavy atom. The first-order valence-corrected chi connectivity index (χ1v) is 7.22. The topological polar surface area (TPSA) is 35.8 Å². The summed E-state index contributed by atoms with van der Waals surface area (Å²) in [7, 11) is 0. The molecule has 1 heterocycles. The number of nitrogens with one attached hydrogen (secondary N) is 1. The van der Waals surface area contributed by atoms with Gasteiger partial charge in [0, 0.05) is 10.2 Å². The van der Waals surface area contributed by atoms with Crippen LogP contribution in [0.25, 0.3) is 0 Å². The third-order valence-electron chi connectivity index (χ3n) is 2.77. The van der Waals surface area contributed by atoms with E-state index in [0.29, 0.717) is 0 Å². The van der Waals surface area contributed by atoms with Crippen molar-refractivity contribution >= 4 is 33.4 Å². The highest BCUT2D eigenvalue weighted by molar-refractivity contribution is 9.10. The van der Waals surface area contributed by atoms with Crippen LogP contribution in [0.3, 0.4) is 0 Å². The van der Waals surface area contributed by atoms with Crippen LogP contribution in [0, 0.1) is 11.3 Å². The lowest BCUT2D eigenvalue weighted by Gasteiger charge is -2.32. The van der Waals surface area contributed by atoms with E-state index in [1.54, 1.807) is 0 Å². The van der Waals surface area contributed by atoms with E-state index in [9.17, 15) is 5.26 Å². The quantitative estimate of drug-likeness (QED) is 0.905. The van der Waals surface area contributed by atoms with Crippen molar-refractivity contribution in [2.75, 3.05) is 16.8 Å². The molecule has 0 atom stereocenters. The van der Waals surface area contributed by atoms with E-state index < -0.39 is 0 Å². The molecular formula is C12H13BrN2S. The molecule has 1 aliphatic rings. The van der Waals surface area contributed by atoms with E-state index in [4.69, 9.17) is 0 Å². The molecule has 1 fully saturated rings. The van der Waals surface area contributed by atoms with E-state index in [2.05, 4.69) is 27.3 Å². The lowest BCUT2D eigenvalue weighted by atomic mass is 9.93. The Morgan fingerprint density at radius 1 is 1.38 bits per heavy atom. The third-order valence-corrected chi connectivity index (χ3v) is 4.25. The van der Waals surface area contributed by atoms with Gasteiger partial charge in [0.1, 0.15) is 5.54 Å². The predicted molar refractivity (Wildman–Crippen MR) is 72.7 cm³/mol. The number of nitrogens with zero attached hydrogens (tertiary/aromatic N) is 1. The van der Waals surface area contributed by atoms with Crippen LogP contribution >= 0.6 is 27.7 Å². The van der Waals surface area contributed by atoms with Gasteiger partial charge in [0.05, 0.1) is 6.07 Å². The summed E-state index contributed by atoms with van der Waals surface area (Å²) in [4.78, 5) is 0. The fourth-order valence-corrected chi connectivity index (χ4v) is 3.42. The van der Waals surface area contributed by atoms with E-state index in [0.717, 1.165) is 34.5 Å². The van der Waals surface area contributed by atoms with Crippen molar-refractivity contribution in [2.24, 2.45) is 0 Å². The number of benzene rings is 1. The minimum absolute atomic E-state index is 0.369. The van der Waals surface area contributed by atoms with Gasteiger partial charge in [-0.05, 0) is 42.5 Å². The van der Waals surface area contributed by atoms with Crippen molar-refractivity contribution in [1.82, 2.24) is 0 Å². The molecule has 0 spiro atoms. The van der Waals surface area contributed by atoms with Gasteiger partial charge >= 0.3 is 0 Å². The summed E-state index contributed by atoms with van der Waals surface area (Å²) >= 11 is 5.37. The highest BCUT2D eigenvalue weighted by Crippen LogP contribution is 2.30. The minimum Gasteiger partial charge on any atom is -0.367 e. The molecule has 2 nitrogen and oxygen atoms in total. The molecular weight excluding hydrogens is 284 g/mol. The number of rotatable bonds is 2. The molecule has 0 amide bonds. The average molecular weight is 297 g/mol. The summed E-state index contributed by atoms with van der Waals surface area (Å²) < 4.78 is 1.04. The zero-order chi connectivity index (χ0) is 11.4. The Balaban J connectivity index is 2.15. The summed E-state index contributed by atoms with van der Waals surface area (Å²) in [5.41, 5.74) is 0.648. The molecule has 0 unspecified atom stereocenters. The van der Waals surface area contributed by atoms with E-state index in [1.807, 2.05) is 36.0 Å². The molecule has 4 heteroatoms. The zero-order valence-corrected chi connectivity index (χ0v) is 11.3. The molecule has 0 aromatic heterocycles. The Labute approximate surface area is 109 Å². The van der Waals surface area contributed by atoms with Gasteiger partial charge in [-0.1, -0.05) is 22.0 Å². The van der Waals surface area contributed by atoms with Crippen molar-refractivity contribution in [3.05, 3.63) is 28.7 Å². The average Bonchev–Trinajstić information content (AvgIpc) is 2.30. The van der Waals surface area contributed by atoms with Crippen LogP contribution in [0.1, 0.15) is 12.8 Å². The fraction of sp³-hybridized carbons (Fsp3) is 0.417. The SMILES string of the molecule is N#CC1(Nc2cccc(Br)c2)CCSCC1. The molecule has 16 heavy (non-hydrogen) atoms. The number of nitriles is 1. The first kappa shape index (κ1) is 11.8. The largest absolute Gasteiger partial charge is 0.367 e. The Bertz CT molecular complexity index is 408. The first-order chi connectivity index (χ1) is 7.74. The lowest BCUT2D eigenvalue weighted by Crippen LogP contribution is -2.40. The lowest BCUT2D eigenvalue weighted by molar-refractivity contribution is 0.545. The van der Waals surface area contributed by atoms with Crippen molar-refractivity contribution in [2.45, 2.75) is 18.4 Å². The molecule has 84 valence electrons. The minimum atomic E-state index is -0.369. The van der Waals surface area contributed by atoms with Gasteiger partial charge in [0.25, 0.3) is 0 Å². The highest BCUT2D eigenvalue weighted by atomic mass is 79.9. The van der Waals surface area contributed by atoms with E-state index in [1.165, 1.54) is 0 Å². The number of anilines is 1. The maximum Gasteiger partial charge on any atom is 0.126 e. The van der Waals surface area contributed by atoms with Gasteiger partial charge in [-0.3, -0.25) is 0 Å². The van der Waals surface area contributed by atoms with Crippen molar-refractivity contribution < 1.29 is 0 Å². The van der Waals surface area contributed by atoms with E-state index >= 15 is 0 Å². The standard InChI is InChI=1S/C12H13BrN2S/c13-10-2-1-3-11(8-10)15-12(9-14)4-6-16-7-5-12/h1-3,8,15H,4-7H2. The monoisotopic (exact) mass is 296 g/mol. The number of hydrogen-bond donors (Lipinski definition) is 1. The normalized spacial score (nSPS) is 18.8. The number of halogens is 1. The smallest absolute Gasteiger partial charge is 0.126 e.